The smallest absolute Gasteiger partial charge is 0.329 e. The van der Waals surface area contributed by atoms with Crippen molar-refractivity contribution < 1.29 is 57.9 Å². The zero-order valence-electron chi connectivity index (χ0n) is 42.5. The Hall–Kier alpha value is -4.26. The summed E-state index contributed by atoms with van der Waals surface area (Å²) in [6.45, 7) is 12.8. The molecule has 1 aromatic rings. The fraction of sp³-hybridized carbons (Fsp3) is 0.731. The fourth-order valence-electron chi connectivity index (χ4n) is 10.7. The number of nitrogens with zero attached hydrogens (tertiary/aromatic N) is 5. The second kappa shape index (κ2) is 25.7. The lowest BCUT2D eigenvalue weighted by atomic mass is 9.77. The summed E-state index contributed by atoms with van der Waals surface area (Å²) in [6.07, 6.45) is 13.7. The Morgan fingerprint density at radius 1 is 0.884 bits per heavy atom. The van der Waals surface area contributed by atoms with Crippen LogP contribution in [0.1, 0.15) is 132 Å². The quantitative estimate of drug-likeness (QED) is 0.181. The van der Waals surface area contributed by atoms with E-state index >= 15 is 0 Å². The van der Waals surface area contributed by atoms with E-state index in [1.54, 1.807) is 45.9 Å². The molecule has 3 unspecified atom stereocenters. The van der Waals surface area contributed by atoms with Crippen molar-refractivity contribution in [2.45, 2.75) is 180 Å². The van der Waals surface area contributed by atoms with Crippen LogP contribution in [0.3, 0.4) is 0 Å². The number of carbonyl (C=O) groups excluding carboxylic acids is 5. The molecule has 15 atom stereocenters. The Morgan fingerprint density at radius 2 is 1.64 bits per heavy atom. The summed E-state index contributed by atoms with van der Waals surface area (Å²) < 4.78 is 29.9. The third-order valence-corrected chi connectivity index (χ3v) is 15.1. The molecule has 1 aromatic heterocycles. The summed E-state index contributed by atoms with van der Waals surface area (Å²) in [5, 5.41) is 35.7. The van der Waals surface area contributed by atoms with Crippen LogP contribution in [0.15, 0.2) is 53.9 Å². The van der Waals surface area contributed by atoms with Crippen LogP contribution in [-0.2, 0) is 47.7 Å². The number of piperidine rings is 1. The lowest BCUT2D eigenvalue weighted by Crippen LogP contribution is -2.61. The van der Waals surface area contributed by atoms with Gasteiger partial charge in [-0.25, -0.2) is 4.79 Å². The molecule has 3 fully saturated rings. The molecule has 17 nitrogen and oxygen atoms in total. The monoisotopic (exact) mass is 966 g/mol. The minimum Gasteiger partial charge on any atom is -0.460 e. The number of ketones is 3. The van der Waals surface area contributed by atoms with Gasteiger partial charge in [0.15, 0.2) is 12.1 Å². The van der Waals surface area contributed by atoms with Crippen molar-refractivity contribution in [2.24, 2.45) is 35.5 Å². The van der Waals surface area contributed by atoms with Gasteiger partial charge >= 0.3 is 5.97 Å². The van der Waals surface area contributed by atoms with Gasteiger partial charge < -0.3 is 38.8 Å². The number of amides is 1. The van der Waals surface area contributed by atoms with Gasteiger partial charge in [-0.05, 0) is 112 Å². The Balaban J connectivity index is 1.46. The van der Waals surface area contributed by atoms with E-state index in [1.165, 1.54) is 18.3 Å². The maximum atomic E-state index is 14.5. The number of aromatic nitrogens is 4. The van der Waals surface area contributed by atoms with Gasteiger partial charge in [-0.15, -0.1) is 10.2 Å². The highest BCUT2D eigenvalue weighted by atomic mass is 16.6. The number of allylic oxidation sites excluding steroid dienone is 6. The molecule has 5 rings (SSSR count). The first-order chi connectivity index (χ1) is 32.8. The molecule has 2 N–H and O–H groups in total. The van der Waals surface area contributed by atoms with Crippen molar-refractivity contribution in [2.75, 3.05) is 27.9 Å². The van der Waals surface area contributed by atoms with Crippen LogP contribution in [0.4, 0.5) is 0 Å². The van der Waals surface area contributed by atoms with Crippen LogP contribution >= 0.6 is 0 Å². The molecular formula is C52H79N5O12. The van der Waals surface area contributed by atoms with E-state index in [2.05, 4.69) is 15.4 Å². The molecule has 4 aliphatic rings. The van der Waals surface area contributed by atoms with Gasteiger partial charge in [0.05, 0.1) is 24.4 Å². The molecule has 3 aliphatic heterocycles. The predicted octanol–water partition coefficient (Wildman–Crippen LogP) is 6.05. The van der Waals surface area contributed by atoms with Crippen LogP contribution in [0.5, 0.6) is 0 Å². The van der Waals surface area contributed by atoms with E-state index in [9.17, 15) is 34.2 Å². The lowest BCUT2D eigenvalue weighted by molar-refractivity contribution is -0.265. The maximum Gasteiger partial charge on any atom is 0.329 e. The summed E-state index contributed by atoms with van der Waals surface area (Å²) in [6, 6.07) is -1.24. The molecule has 1 saturated carbocycles. The molecular weight excluding hydrogens is 887 g/mol. The van der Waals surface area contributed by atoms with Gasteiger partial charge in [-0.3, -0.25) is 19.2 Å². The number of tetrazole rings is 1. The predicted molar refractivity (Wildman–Crippen MR) is 256 cm³/mol. The van der Waals surface area contributed by atoms with Crippen molar-refractivity contribution in [1.29, 1.82) is 0 Å². The maximum absolute atomic E-state index is 14.5. The molecule has 0 radical (unpaired) electrons. The standard InChI is InChI=1S/C52H79N5O12/c1-31-16-12-11-13-17-32(2)43(65-8)28-39-21-19-37(7)52(64,69-39)49(61)50(62)56-23-15-14-18-41(56)51(63)68-44(34(4)26-38-20-22-40(45(27-38)66-9)57-54-30-53-55-57)29-42(58)33(3)25-36(6)47(60)48(67-10)46(59)35(5)24-31/h11-13,16-17,25,30-31,33-35,37-41,43-45,47-48,60,64H,14-15,18-24,26-29H2,1-10H3/b13-11+,16-12+,32-17+,36-25+/t31?,33-,34-,35+,37-,38+,39+,40+,41+,43+,44+,45-,47-,48?,52?/m1/s1. The third kappa shape index (κ3) is 14.2. The average molecular weight is 966 g/mol. The number of ether oxygens (including phenoxy) is 5. The van der Waals surface area contributed by atoms with Crippen LogP contribution in [-0.4, -0.2) is 141 Å². The number of aliphatic hydroxyl groups excluding tert-OH is 1. The minimum absolute atomic E-state index is 0.0168. The molecule has 69 heavy (non-hydrogen) atoms. The zero-order valence-corrected chi connectivity index (χ0v) is 42.5. The number of hydrogen-bond donors (Lipinski definition) is 2. The van der Waals surface area contributed by atoms with Gasteiger partial charge in [-0.2, -0.15) is 4.80 Å². The van der Waals surface area contributed by atoms with E-state index in [0.29, 0.717) is 56.9 Å². The molecule has 1 amide bonds. The van der Waals surface area contributed by atoms with E-state index < -0.39 is 77.8 Å². The summed E-state index contributed by atoms with van der Waals surface area (Å²) in [5.74, 6) is -7.94. The van der Waals surface area contributed by atoms with E-state index in [1.807, 2.05) is 58.1 Å². The van der Waals surface area contributed by atoms with Crippen LogP contribution in [0, 0.1) is 35.5 Å². The Labute approximate surface area is 408 Å². The highest BCUT2D eigenvalue weighted by Crippen LogP contribution is 2.39. The van der Waals surface area contributed by atoms with E-state index in [-0.39, 0.29) is 60.9 Å². The number of Topliss-reactive ketones (excluding diaryl/α,β-unsaturated/α-hetero) is 3. The number of methoxy groups -OCH3 is 3. The topological polar surface area (TPSA) is 219 Å². The molecule has 1 aliphatic carbocycles. The Kier molecular flexibility index (Phi) is 20.8. The third-order valence-electron chi connectivity index (χ3n) is 15.1. The number of cyclic esters (lactones) is 1. The number of carbonyl (C=O) groups is 5. The van der Waals surface area contributed by atoms with Crippen molar-refractivity contribution >= 4 is 29.2 Å². The highest BCUT2D eigenvalue weighted by Gasteiger charge is 2.53. The number of aliphatic hydroxyl groups is 2. The van der Waals surface area contributed by atoms with Crippen molar-refractivity contribution in [3.8, 4) is 0 Å². The van der Waals surface area contributed by atoms with E-state index in [0.717, 1.165) is 18.4 Å². The van der Waals surface area contributed by atoms with Crippen LogP contribution in [0.25, 0.3) is 0 Å². The SMILES string of the molecule is COC1C(=O)[C@@H](C)CC(C)/C=C/C=C/C=C(\C)[C@@H](OC)C[C@@H]2CC[C@@H](C)C(O)(O2)C(=O)C(=O)N2CCCC[C@H]2C(=O)O[C@H]([C@H](C)C[C@@H]2CC[C@H](n3ncnn3)[C@H](OC)C2)CC(=O)[C@H](C)/C=C(\C)[C@H]1O. The summed E-state index contributed by atoms with van der Waals surface area (Å²) in [7, 11) is 4.61. The lowest BCUT2D eigenvalue weighted by Gasteiger charge is -2.42. The van der Waals surface area contributed by atoms with Crippen molar-refractivity contribution in [3.05, 3.63) is 53.9 Å². The van der Waals surface area contributed by atoms with Gasteiger partial charge in [0, 0.05) is 58.5 Å². The first-order valence-corrected chi connectivity index (χ1v) is 25.0. The molecule has 2 saturated heterocycles. The molecule has 17 heteroatoms. The highest BCUT2D eigenvalue weighted by molar-refractivity contribution is 6.39. The molecule has 0 aromatic carbocycles. The first kappa shape index (κ1) is 55.7. The van der Waals surface area contributed by atoms with Gasteiger partial charge in [0.2, 0.25) is 5.79 Å². The molecule has 384 valence electrons. The van der Waals surface area contributed by atoms with E-state index in [4.69, 9.17) is 23.7 Å². The van der Waals surface area contributed by atoms with Crippen LogP contribution < -0.4 is 0 Å². The number of fused-ring (bicyclic) bond motifs is 3. The second-order valence-corrected chi connectivity index (χ2v) is 20.3. The minimum atomic E-state index is -2.43. The zero-order chi connectivity index (χ0) is 50.6. The number of rotatable bonds is 7. The van der Waals surface area contributed by atoms with Crippen molar-refractivity contribution in [1.82, 2.24) is 25.1 Å². The largest absolute Gasteiger partial charge is 0.460 e. The molecule has 0 spiro atoms. The number of esters is 1. The first-order valence-electron chi connectivity index (χ1n) is 25.0. The Bertz CT molecular complexity index is 2020. The fourth-order valence-corrected chi connectivity index (χ4v) is 10.7. The van der Waals surface area contributed by atoms with Crippen molar-refractivity contribution in [3.63, 3.8) is 0 Å². The average Bonchev–Trinajstić information content (AvgIpc) is 3.88. The van der Waals surface area contributed by atoms with Gasteiger partial charge in [0.25, 0.3) is 11.7 Å². The molecule has 4 heterocycles. The summed E-state index contributed by atoms with van der Waals surface area (Å²) >= 11 is 0. The summed E-state index contributed by atoms with van der Waals surface area (Å²) in [4.78, 5) is 73.9. The summed E-state index contributed by atoms with van der Waals surface area (Å²) in [5.41, 5.74) is 1.27. The number of hydrogen-bond acceptors (Lipinski definition) is 15. The van der Waals surface area contributed by atoms with Gasteiger partial charge in [-0.1, -0.05) is 71.1 Å². The van der Waals surface area contributed by atoms with Gasteiger partial charge in [0.1, 0.15) is 30.1 Å². The second-order valence-electron chi connectivity index (χ2n) is 20.3. The normalized spacial score (nSPS) is 38.8. The Morgan fingerprint density at radius 3 is 2.32 bits per heavy atom. The van der Waals surface area contributed by atoms with Crippen LogP contribution in [0.2, 0.25) is 0 Å². The molecule has 2 bridgehead atoms.